The lowest BCUT2D eigenvalue weighted by Crippen LogP contribution is -2.24. The molecular formula is C23H21ClO2. The van der Waals surface area contributed by atoms with Crippen LogP contribution in [-0.4, -0.2) is 10.9 Å². The van der Waals surface area contributed by atoms with Crippen LogP contribution in [-0.2, 0) is 4.79 Å². The number of aliphatic hydroxyl groups is 1. The Kier molecular flexibility index (Phi) is 3.55. The van der Waals surface area contributed by atoms with Gasteiger partial charge in [-0.1, -0.05) is 35.9 Å². The summed E-state index contributed by atoms with van der Waals surface area (Å²) in [5, 5.41) is 11.7. The van der Waals surface area contributed by atoms with Gasteiger partial charge in [-0.3, -0.25) is 4.79 Å². The molecule has 3 aliphatic carbocycles. The molecule has 2 nitrogen and oxygen atoms in total. The largest absolute Gasteiger partial charge is 0.511 e. The summed E-state index contributed by atoms with van der Waals surface area (Å²) in [6.45, 7) is 2.01. The van der Waals surface area contributed by atoms with Crippen LogP contribution in [0.1, 0.15) is 30.4 Å². The molecular weight excluding hydrogens is 344 g/mol. The molecule has 132 valence electrons. The van der Waals surface area contributed by atoms with Gasteiger partial charge in [-0.15, -0.1) is 0 Å². The molecule has 4 unspecified atom stereocenters. The molecule has 0 radical (unpaired) electrons. The number of halogens is 1. The SMILES string of the molecule is Cc1ccc(-c2ccc(Cl)cc2)cc1C1=C(O)C2C3CCC(C3)C2C1=O. The Morgan fingerprint density at radius 1 is 0.962 bits per heavy atom. The number of aliphatic hydroxyl groups excluding tert-OH is 1. The fourth-order valence-corrected chi connectivity index (χ4v) is 5.63. The van der Waals surface area contributed by atoms with Crippen molar-refractivity contribution in [2.45, 2.75) is 26.2 Å². The number of carbonyl (C=O) groups excluding carboxylic acids is 1. The number of fused-ring (bicyclic) bond motifs is 5. The number of ketones is 1. The summed E-state index contributed by atoms with van der Waals surface area (Å²) in [6.07, 6.45) is 3.41. The van der Waals surface area contributed by atoms with Crippen molar-refractivity contribution in [1.29, 1.82) is 0 Å². The summed E-state index contributed by atoms with van der Waals surface area (Å²) in [4.78, 5) is 13.2. The van der Waals surface area contributed by atoms with Gasteiger partial charge in [0.2, 0.25) is 0 Å². The van der Waals surface area contributed by atoms with Gasteiger partial charge in [-0.05, 0) is 78.5 Å². The van der Waals surface area contributed by atoms with E-state index in [1.165, 1.54) is 0 Å². The number of carbonyl (C=O) groups is 1. The van der Waals surface area contributed by atoms with E-state index in [4.69, 9.17) is 11.6 Å². The third kappa shape index (κ3) is 2.21. The van der Waals surface area contributed by atoms with Crippen molar-refractivity contribution in [3.05, 3.63) is 64.4 Å². The van der Waals surface area contributed by atoms with E-state index in [2.05, 4.69) is 6.07 Å². The highest BCUT2D eigenvalue weighted by Gasteiger charge is 2.57. The summed E-state index contributed by atoms with van der Waals surface area (Å²) in [5.41, 5.74) is 4.58. The maximum absolute atomic E-state index is 13.2. The number of hydrogen-bond donors (Lipinski definition) is 1. The lowest BCUT2D eigenvalue weighted by molar-refractivity contribution is -0.118. The Bertz CT molecular complexity index is 941. The Morgan fingerprint density at radius 2 is 1.62 bits per heavy atom. The molecule has 0 amide bonds. The van der Waals surface area contributed by atoms with E-state index in [9.17, 15) is 9.90 Å². The molecule has 0 heterocycles. The fourth-order valence-electron chi connectivity index (χ4n) is 5.51. The monoisotopic (exact) mass is 364 g/mol. The topological polar surface area (TPSA) is 37.3 Å². The molecule has 3 aliphatic rings. The number of benzene rings is 2. The van der Waals surface area contributed by atoms with Gasteiger partial charge in [-0.2, -0.15) is 0 Å². The van der Waals surface area contributed by atoms with E-state index in [1.807, 2.05) is 43.3 Å². The highest BCUT2D eigenvalue weighted by molar-refractivity contribution is 6.30. The highest BCUT2D eigenvalue weighted by Crippen LogP contribution is 2.60. The molecule has 2 saturated carbocycles. The quantitative estimate of drug-likeness (QED) is 0.727. The first-order valence-electron chi connectivity index (χ1n) is 9.39. The highest BCUT2D eigenvalue weighted by atomic mass is 35.5. The van der Waals surface area contributed by atoms with E-state index in [0.29, 0.717) is 28.2 Å². The third-order valence-corrected chi connectivity index (χ3v) is 6.97. The zero-order valence-corrected chi connectivity index (χ0v) is 15.5. The first-order valence-corrected chi connectivity index (χ1v) is 9.76. The lowest BCUT2D eigenvalue weighted by Gasteiger charge is -2.23. The molecule has 2 bridgehead atoms. The molecule has 4 atom stereocenters. The van der Waals surface area contributed by atoms with Gasteiger partial charge in [0.25, 0.3) is 0 Å². The van der Waals surface area contributed by atoms with Crippen molar-refractivity contribution in [3.63, 3.8) is 0 Å². The number of aryl methyl sites for hydroxylation is 1. The predicted molar refractivity (Wildman–Crippen MR) is 104 cm³/mol. The molecule has 0 saturated heterocycles. The molecule has 3 heteroatoms. The zero-order chi connectivity index (χ0) is 18.0. The molecule has 2 aromatic carbocycles. The standard InChI is InChI=1S/C23H21ClO2/c1-12-2-3-14(13-6-8-17(24)9-7-13)11-18(12)21-22(25)19-15-4-5-16(10-15)20(19)23(21)26/h2-3,6-9,11,15-16,19-20,25H,4-5,10H2,1H3. The van der Waals surface area contributed by atoms with Gasteiger partial charge in [0.05, 0.1) is 5.57 Å². The Balaban J connectivity index is 1.61. The third-order valence-electron chi connectivity index (χ3n) is 6.72. The van der Waals surface area contributed by atoms with Crippen molar-refractivity contribution >= 4 is 23.0 Å². The maximum atomic E-state index is 13.2. The van der Waals surface area contributed by atoms with Crippen LogP contribution in [0.25, 0.3) is 16.7 Å². The van der Waals surface area contributed by atoms with Gasteiger partial charge in [0.1, 0.15) is 5.76 Å². The molecule has 2 fully saturated rings. The average Bonchev–Trinajstić information content (AvgIpc) is 3.31. The fraction of sp³-hybridized carbons (Fsp3) is 0.348. The molecule has 0 aromatic heterocycles. The lowest BCUT2D eigenvalue weighted by atomic mass is 9.80. The average molecular weight is 365 g/mol. The Labute approximate surface area is 158 Å². The van der Waals surface area contributed by atoms with Gasteiger partial charge < -0.3 is 5.11 Å². The molecule has 1 N–H and O–H groups in total. The molecule has 5 rings (SSSR count). The minimum absolute atomic E-state index is 0.0161. The second-order valence-electron chi connectivity index (χ2n) is 8.05. The van der Waals surface area contributed by atoms with Crippen LogP contribution in [0, 0.1) is 30.6 Å². The summed E-state index contributed by atoms with van der Waals surface area (Å²) < 4.78 is 0. The van der Waals surface area contributed by atoms with E-state index in [0.717, 1.165) is 41.5 Å². The van der Waals surface area contributed by atoms with Crippen LogP contribution < -0.4 is 0 Å². The summed E-state index contributed by atoms with van der Waals surface area (Å²) in [6, 6.07) is 13.9. The first-order chi connectivity index (χ1) is 12.5. The van der Waals surface area contributed by atoms with Crippen LogP contribution in [0.3, 0.4) is 0 Å². The minimum atomic E-state index is 0.0161. The summed E-state index contributed by atoms with van der Waals surface area (Å²) >= 11 is 6.00. The van der Waals surface area contributed by atoms with Crippen molar-refractivity contribution in [3.8, 4) is 11.1 Å². The molecule has 0 spiro atoms. The van der Waals surface area contributed by atoms with Gasteiger partial charge in [0, 0.05) is 16.9 Å². The molecule has 26 heavy (non-hydrogen) atoms. The normalized spacial score (nSPS) is 29.5. The van der Waals surface area contributed by atoms with Crippen LogP contribution >= 0.6 is 11.6 Å². The van der Waals surface area contributed by atoms with Crippen molar-refractivity contribution in [2.24, 2.45) is 23.7 Å². The Hall–Kier alpha value is -2.06. The smallest absolute Gasteiger partial charge is 0.170 e. The predicted octanol–water partition coefficient (Wildman–Crippen LogP) is 5.83. The summed E-state index contributed by atoms with van der Waals surface area (Å²) in [5.74, 6) is 1.56. The minimum Gasteiger partial charge on any atom is -0.511 e. The second-order valence-corrected chi connectivity index (χ2v) is 8.48. The van der Waals surface area contributed by atoms with E-state index < -0.39 is 0 Å². The van der Waals surface area contributed by atoms with Gasteiger partial charge >= 0.3 is 0 Å². The number of allylic oxidation sites excluding steroid dienone is 2. The number of rotatable bonds is 2. The number of Topliss-reactive ketones (excluding diaryl/α,β-unsaturated/α-hetero) is 1. The van der Waals surface area contributed by atoms with Crippen molar-refractivity contribution in [2.75, 3.05) is 0 Å². The van der Waals surface area contributed by atoms with E-state index in [-0.39, 0.29) is 17.6 Å². The first kappa shape index (κ1) is 16.1. The summed E-state index contributed by atoms with van der Waals surface area (Å²) in [7, 11) is 0. The van der Waals surface area contributed by atoms with E-state index >= 15 is 0 Å². The zero-order valence-electron chi connectivity index (χ0n) is 14.7. The second kappa shape index (κ2) is 5.72. The van der Waals surface area contributed by atoms with Gasteiger partial charge in [0.15, 0.2) is 5.78 Å². The van der Waals surface area contributed by atoms with Crippen molar-refractivity contribution in [1.82, 2.24) is 0 Å². The van der Waals surface area contributed by atoms with Crippen molar-refractivity contribution < 1.29 is 9.90 Å². The Morgan fingerprint density at radius 3 is 2.31 bits per heavy atom. The van der Waals surface area contributed by atoms with Gasteiger partial charge in [-0.25, -0.2) is 0 Å². The van der Waals surface area contributed by atoms with Crippen LogP contribution in [0.15, 0.2) is 48.2 Å². The maximum Gasteiger partial charge on any atom is 0.170 e. The van der Waals surface area contributed by atoms with Crippen LogP contribution in [0.5, 0.6) is 0 Å². The molecule has 0 aliphatic heterocycles. The van der Waals surface area contributed by atoms with E-state index in [1.54, 1.807) is 0 Å². The van der Waals surface area contributed by atoms with Crippen LogP contribution in [0.4, 0.5) is 0 Å². The van der Waals surface area contributed by atoms with Crippen LogP contribution in [0.2, 0.25) is 5.02 Å². The molecule has 2 aromatic rings. The number of hydrogen-bond acceptors (Lipinski definition) is 2.